The lowest BCUT2D eigenvalue weighted by atomic mass is 10.1. The Labute approximate surface area is 168 Å². The van der Waals surface area contributed by atoms with Gasteiger partial charge in [-0.15, -0.1) is 0 Å². The molecule has 5 nitrogen and oxygen atoms in total. The monoisotopic (exact) mass is 377 g/mol. The molecule has 0 radical (unpaired) electrons. The summed E-state index contributed by atoms with van der Waals surface area (Å²) in [6, 6.07) is 22.4. The van der Waals surface area contributed by atoms with Gasteiger partial charge >= 0.3 is 0 Å². The van der Waals surface area contributed by atoms with E-state index in [1.165, 1.54) is 5.56 Å². The van der Waals surface area contributed by atoms with Crippen LogP contribution in [0.5, 0.6) is 0 Å². The number of rotatable bonds is 5. The second-order valence-electron chi connectivity index (χ2n) is 6.87. The molecule has 0 spiro atoms. The van der Waals surface area contributed by atoms with E-state index in [0.29, 0.717) is 0 Å². The molecule has 5 aromatic rings. The predicted molar refractivity (Wildman–Crippen MR) is 114 cm³/mol. The van der Waals surface area contributed by atoms with E-state index in [1.807, 2.05) is 42.5 Å². The number of fused-ring (bicyclic) bond motifs is 1. The second kappa shape index (κ2) is 7.64. The summed E-state index contributed by atoms with van der Waals surface area (Å²) < 4.78 is 0. The molecule has 0 aliphatic heterocycles. The molecule has 0 aliphatic carbocycles. The first-order chi connectivity index (χ1) is 14.4. The van der Waals surface area contributed by atoms with Crippen LogP contribution in [0.4, 0.5) is 0 Å². The molecule has 0 saturated carbocycles. The highest BCUT2D eigenvalue weighted by Gasteiger charge is 2.16. The van der Waals surface area contributed by atoms with Crippen molar-refractivity contribution in [2.24, 2.45) is 0 Å². The molecule has 3 heterocycles. The molecule has 0 amide bonds. The van der Waals surface area contributed by atoms with E-state index in [1.54, 1.807) is 18.6 Å². The molecule has 1 N–H and O–H groups in total. The zero-order chi connectivity index (χ0) is 19.5. The van der Waals surface area contributed by atoms with Crippen molar-refractivity contribution in [1.82, 2.24) is 24.9 Å². The normalized spacial score (nSPS) is 11.0. The number of hydrogen-bond acceptors (Lipinski definition) is 4. The minimum atomic E-state index is 0.831. The molecule has 0 atom stereocenters. The van der Waals surface area contributed by atoms with Gasteiger partial charge in [0.2, 0.25) is 0 Å². The lowest BCUT2D eigenvalue weighted by molar-refractivity contribution is 0.885. The molecular formula is C24H19N5. The van der Waals surface area contributed by atoms with Gasteiger partial charge in [0.15, 0.2) is 0 Å². The Morgan fingerprint density at radius 1 is 0.690 bits per heavy atom. The first-order valence-electron chi connectivity index (χ1n) is 9.62. The van der Waals surface area contributed by atoms with Gasteiger partial charge in [-0.25, -0.2) is 4.98 Å². The fraction of sp³-hybridized carbons (Fsp3) is 0.0833. The molecule has 0 unspecified atom stereocenters. The van der Waals surface area contributed by atoms with E-state index < -0.39 is 0 Å². The number of pyridine rings is 1. The molecule has 0 saturated heterocycles. The van der Waals surface area contributed by atoms with Gasteiger partial charge in [0.05, 0.1) is 28.1 Å². The van der Waals surface area contributed by atoms with E-state index in [2.05, 4.69) is 44.2 Å². The summed E-state index contributed by atoms with van der Waals surface area (Å²) in [5, 5.41) is 0. The molecule has 0 aliphatic rings. The molecule has 3 aromatic heterocycles. The fourth-order valence-corrected chi connectivity index (χ4v) is 3.46. The summed E-state index contributed by atoms with van der Waals surface area (Å²) >= 11 is 0. The Morgan fingerprint density at radius 2 is 1.52 bits per heavy atom. The summed E-state index contributed by atoms with van der Waals surface area (Å²) in [5.41, 5.74) is 6.71. The number of hydrogen-bond donors (Lipinski definition) is 1. The number of H-pyrrole nitrogens is 1. The minimum absolute atomic E-state index is 0.831. The smallest absolute Gasteiger partial charge is 0.107 e. The fourth-order valence-electron chi connectivity index (χ4n) is 3.46. The number of imidazole rings is 1. The Kier molecular flexibility index (Phi) is 4.54. The highest BCUT2D eigenvalue weighted by Crippen LogP contribution is 2.30. The van der Waals surface area contributed by atoms with Crippen LogP contribution in [0.2, 0.25) is 0 Å². The maximum absolute atomic E-state index is 4.93. The van der Waals surface area contributed by atoms with Crippen LogP contribution in [0, 0.1) is 0 Å². The highest BCUT2D eigenvalue weighted by molar-refractivity contribution is 5.84. The molecule has 2 aromatic carbocycles. The average molecular weight is 377 g/mol. The van der Waals surface area contributed by atoms with E-state index in [9.17, 15) is 0 Å². The van der Waals surface area contributed by atoms with E-state index in [4.69, 9.17) is 4.98 Å². The molecule has 5 heteroatoms. The SMILES string of the molecule is c1ccc(CCc2nc(-c3ccc4nccnc4c3)c(-c3ccccn3)[nH]2)cc1. The van der Waals surface area contributed by atoms with Crippen LogP contribution in [-0.2, 0) is 12.8 Å². The van der Waals surface area contributed by atoms with E-state index >= 15 is 0 Å². The minimum Gasteiger partial charge on any atom is -0.340 e. The molecule has 29 heavy (non-hydrogen) atoms. The summed E-state index contributed by atoms with van der Waals surface area (Å²) in [7, 11) is 0. The number of aromatic nitrogens is 5. The van der Waals surface area contributed by atoms with Gasteiger partial charge in [-0.3, -0.25) is 15.0 Å². The van der Waals surface area contributed by atoms with Crippen LogP contribution in [-0.4, -0.2) is 24.9 Å². The Balaban J connectivity index is 1.55. The van der Waals surface area contributed by atoms with Gasteiger partial charge < -0.3 is 4.98 Å². The zero-order valence-corrected chi connectivity index (χ0v) is 15.8. The molecule has 5 rings (SSSR count). The Bertz CT molecular complexity index is 1250. The first-order valence-corrected chi connectivity index (χ1v) is 9.62. The van der Waals surface area contributed by atoms with Crippen molar-refractivity contribution in [2.45, 2.75) is 12.8 Å². The van der Waals surface area contributed by atoms with Gasteiger partial charge in [0.25, 0.3) is 0 Å². The third-order valence-corrected chi connectivity index (χ3v) is 4.91. The number of aryl methyl sites for hydroxylation is 2. The lowest BCUT2D eigenvalue weighted by Crippen LogP contribution is -1.93. The summed E-state index contributed by atoms with van der Waals surface area (Å²) in [6.45, 7) is 0. The van der Waals surface area contributed by atoms with Crippen molar-refractivity contribution in [1.29, 1.82) is 0 Å². The number of nitrogens with one attached hydrogen (secondary N) is 1. The van der Waals surface area contributed by atoms with Crippen LogP contribution in [0.3, 0.4) is 0 Å². The second-order valence-corrected chi connectivity index (χ2v) is 6.87. The van der Waals surface area contributed by atoms with E-state index in [0.717, 1.165) is 52.3 Å². The van der Waals surface area contributed by atoms with Gasteiger partial charge in [0.1, 0.15) is 5.82 Å². The maximum atomic E-state index is 4.93. The summed E-state index contributed by atoms with van der Waals surface area (Å²) in [6.07, 6.45) is 6.98. The van der Waals surface area contributed by atoms with Crippen molar-refractivity contribution in [3.63, 3.8) is 0 Å². The van der Waals surface area contributed by atoms with Crippen LogP contribution in [0.15, 0.2) is 85.3 Å². The molecule has 0 fully saturated rings. The van der Waals surface area contributed by atoms with Crippen LogP contribution in [0.25, 0.3) is 33.7 Å². The lowest BCUT2D eigenvalue weighted by Gasteiger charge is -2.03. The number of benzene rings is 2. The van der Waals surface area contributed by atoms with Crippen LogP contribution < -0.4 is 0 Å². The molecule has 140 valence electrons. The molecular weight excluding hydrogens is 358 g/mol. The quantitative estimate of drug-likeness (QED) is 0.475. The number of nitrogens with zero attached hydrogens (tertiary/aromatic N) is 4. The van der Waals surface area contributed by atoms with Crippen molar-refractivity contribution in [2.75, 3.05) is 0 Å². The van der Waals surface area contributed by atoms with Crippen molar-refractivity contribution >= 4 is 11.0 Å². The standard InChI is InChI=1S/C24H19N5/c1-2-6-17(7-3-1)9-12-22-28-23(24(29-22)20-8-4-5-13-25-20)18-10-11-19-21(16-18)27-15-14-26-19/h1-8,10-11,13-16H,9,12H2,(H,28,29). The van der Waals surface area contributed by atoms with Crippen molar-refractivity contribution in [3.05, 3.63) is 96.7 Å². The zero-order valence-electron chi connectivity index (χ0n) is 15.8. The van der Waals surface area contributed by atoms with Crippen molar-refractivity contribution < 1.29 is 0 Å². The van der Waals surface area contributed by atoms with Gasteiger partial charge in [0, 0.05) is 30.6 Å². The average Bonchev–Trinajstić information content (AvgIpc) is 3.23. The van der Waals surface area contributed by atoms with Crippen LogP contribution in [0.1, 0.15) is 11.4 Å². The van der Waals surface area contributed by atoms with Gasteiger partial charge in [-0.2, -0.15) is 0 Å². The maximum Gasteiger partial charge on any atom is 0.107 e. The summed E-state index contributed by atoms with van der Waals surface area (Å²) in [4.78, 5) is 21.8. The van der Waals surface area contributed by atoms with Crippen LogP contribution >= 0.6 is 0 Å². The third-order valence-electron chi connectivity index (χ3n) is 4.91. The topological polar surface area (TPSA) is 67.3 Å². The van der Waals surface area contributed by atoms with E-state index in [-0.39, 0.29) is 0 Å². The van der Waals surface area contributed by atoms with Crippen molar-refractivity contribution in [3.8, 4) is 22.6 Å². The number of aromatic amines is 1. The highest BCUT2D eigenvalue weighted by atomic mass is 15.0. The molecule has 0 bridgehead atoms. The Morgan fingerprint density at radius 3 is 2.34 bits per heavy atom. The summed E-state index contributed by atoms with van der Waals surface area (Å²) in [5.74, 6) is 0.948. The van der Waals surface area contributed by atoms with Gasteiger partial charge in [-0.1, -0.05) is 42.5 Å². The first kappa shape index (κ1) is 17.3. The predicted octanol–water partition coefficient (Wildman–Crippen LogP) is 4.87. The van der Waals surface area contributed by atoms with Gasteiger partial charge in [-0.05, 0) is 36.2 Å². The largest absolute Gasteiger partial charge is 0.340 e. The Hall–Kier alpha value is -3.86. The third kappa shape index (κ3) is 3.62.